The average molecular weight is 335 g/mol. The maximum Gasteiger partial charge on any atom is 0.460 e. The third-order valence-electron chi connectivity index (χ3n) is 2.31. The van der Waals surface area contributed by atoms with Crippen LogP contribution in [0.15, 0.2) is 0 Å². The molecule has 0 aliphatic rings. The maximum absolute atomic E-state index is 13.3. The predicted molar refractivity (Wildman–Crippen MR) is 48.2 cm³/mol. The second-order valence-electron chi connectivity index (χ2n) is 3.73. The summed E-state index contributed by atoms with van der Waals surface area (Å²) >= 11 is 5.13. The molecule has 12 heteroatoms. The number of rotatable bonds is 3. The van der Waals surface area contributed by atoms with Gasteiger partial charge in [0, 0.05) is 0 Å². The summed E-state index contributed by atoms with van der Waals surface area (Å²) in [7, 11) is 0. The zero-order valence-electron chi connectivity index (χ0n) is 9.23. The lowest BCUT2D eigenvalue weighted by molar-refractivity contribution is -0.400. The molecule has 1 heterocycles. The molecule has 116 valence electrons. The molecule has 0 amide bonds. The van der Waals surface area contributed by atoms with Gasteiger partial charge in [-0.05, 0) is 6.92 Å². The Morgan fingerprint density at radius 1 is 0.900 bits per heavy atom. The van der Waals surface area contributed by atoms with Crippen LogP contribution in [0.2, 0.25) is 5.02 Å². The molecule has 20 heavy (non-hydrogen) atoms. The minimum atomic E-state index is -6.97. The fourth-order valence-corrected chi connectivity index (χ4v) is 1.35. The Morgan fingerprint density at radius 2 is 1.35 bits per heavy atom. The van der Waals surface area contributed by atoms with Gasteiger partial charge in [-0.2, -0.15) is 44.6 Å². The number of aromatic nitrogens is 2. The van der Waals surface area contributed by atoms with E-state index >= 15 is 0 Å². The molecule has 0 unspecified atom stereocenters. The van der Waals surface area contributed by atoms with E-state index < -0.39 is 40.4 Å². The molecule has 0 saturated heterocycles. The first kappa shape index (κ1) is 16.9. The number of aryl methyl sites for hydroxylation is 1. The van der Waals surface area contributed by atoms with Gasteiger partial charge < -0.3 is 0 Å². The first-order chi connectivity index (χ1) is 8.68. The summed E-state index contributed by atoms with van der Waals surface area (Å²) < 4.78 is 113. The van der Waals surface area contributed by atoms with E-state index in [4.69, 9.17) is 11.6 Å². The van der Waals surface area contributed by atoms with Crippen LogP contribution in [0.5, 0.6) is 0 Å². The van der Waals surface area contributed by atoms with Gasteiger partial charge in [-0.3, -0.25) is 5.10 Å². The maximum atomic E-state index is 13.3. The van der Waals surface area contributed by atoms with Gasteiger partial charge in [-0.25, -0.2) is 0 Å². The fourth-order valence-electron chi connectivity index (χ4n) is 1.15. The standard InChI is InChI=1S/C8H4ClF9N2/c1-2-3(9)4(20-19-2)5(10,11)6(12,13)7(14,15)8(16,17)18/h1H3,(H,19,20). The molecule has 1 aromatic heterocycles. The van der Waals surface area contributed by atoms with E-state index in [0.717, 1.165) is 6.92 Å². The summed E-state index contributed by atoms with van der Waals surface area (Å²) in [6, 6.07) is 0. The molecule has 1 rings (SSSR count). The number of H-pyrrole nitrogens is 1. The summed E-state index contributed by atoms with van der Waals surface area (Å²) in [6.07, 6.45) is -6.88. The molecule has 0 aliphatic heterocycles. The fraction of sp³-hybridized carbons (Fsp3) is 0.625. The Labute approximate surface area is 109 Å². The Bertz CT molecular complexity index is 505. The highest BCUT2D eigenvalue weighted by atomic mass is 35.5. The van der Waals surface area contributed by atoms with Crippen molar-refractivity contribution in [2.24, 2.45) is 0 Å². The van der Waals surface area contributed by atoms with Crippen LogP contribution in [0.3, 0.4) is 0 Å². The van der Waals surface area contributed by atoms with E-state index in [9.17, 15) is 39.5 Å². The van der Waals surface area contributed by atoms with Crippen molar-refractivity contribution in [3.63, 3.8) is 0 Å². The van der Waals surface area contributed by atoms with Crippen LogP contribution in [-0.4, -0.2) is 28.2 Å². The van der Waals surface area contributed by atoms with Gasteiger partial charge in [0.25, 0.3) is 0 Å². The lowest BCUT2D eigenvalue weighted by atomic mass is 10.0. The topological polar surface area (TPSA) is 28.7 Å². The Kier molecular flexibility index (Phi) is 3.75. The molecular weight excluding hydrogens is 331 g/mol. The van der Waals surface area contributed by atoms with Crippen LogP contribution in [-0.2, 0) is 5.92 Å². The molecular formula is C8H4ClF9N2. The smallest absolute Gasteiger partial charge is 0.281 e. The summed E-state index contributed by atoms with van der Waals surface area (Å²) in [5.74, 6) is -19.7. The van der Waals surface area contributed by atoms with Crippen molar-refractivity contribution in [2.75, 3.05) is 0 Å². The summed E-state index contributed by atoms with van der Waals surface area (Å²) in [4.78, 5) is 0. The molecule has 0 aliphatic carbocycles. The number of hydrogen-bond donors (Lipinski definition) is 1. The van der Waals surface area contributed by atoms with Gasteiger partial charge in [-0.1, -0.05) is 11.6 Å². The van der Waals surface area contributed by atoms with E-state index in [1.54, 1.807) is 5.10 Å². The van der Waals surface area contributed by atoms with Gasteiger partial charge in [0.1, 0.15) is 0 Å². The van der Waals surface area contributed by atoms with Gasteiger partial charge >= 0.3 is 23.9 Å². The number of hydrogen-bond acceptors (Lipinski definition) is 1. The highest BCUT2D eigenvalue weighted by Gasteiger charge is 2.82. The van der Waals surface area contributed by atoms with E-state index in [-0.39, 0.29) is 0 Å². The minimum absolute atomic E-state index is 0.396. The average Bonchev–Trinajstić information content (AvgIpc) is 2.57. The van der Waals surface area contributed by atoms with Crippen molar-refractivity contribution in [1.82, 2.24) is 10.2 Å². The third-order valence-corrected chi connectivity index (χ3v) is 2.78. The van der Waals surface area contributed by atoms with Crippen LogP contribution in [0, 0.1) is 6.92 Å². The van der Waals surface area contributed by atoms with Gasteiger partial charge in [0.2, 0.25) is 0 Å². The Morgan fingerprint density at radius 3 is 1.65 bits per heavy atom. The SMILES string of the molecule is Cc1[nH]nc(C(F)(F)C(F)(F)C(F)(F)C(F)(F)F)c1Cl. The number of aromatic amines is 1. The first-order valence-corrected chi connectivity index (χ1v) is 4.97. The lowest BCUT2D eigenvalue weighted by Gasteiger charge is -2.32. The molecule has 0 aromatic carbocycles. The molecule has 1 N–H and O–H groups in total. The van der Waals surface area contributed by atoms with Crippen molar-refractivity contribution in [3.8, 4) is 0 Å². The van der Waals surface area contributed by atoms with Crippen LogP contribution >= 0.6 is 11.6 Å². The quantitative estimate of drug-likeness (QED) is 0.821. The highest BCUT2D eigenvalue weighted by molar-refractivity contribution is 6.31. The molecule has 2 nitrogen and oxygen atoms in total. The predicted octanol–water partition coefficient (Wildman–Crippen LogP) is 4.30. The molecule has 0 fully saturated rings. The number of halogens is 10. The van der Waals surface area contributed by atoms with Crippen molar-refractivity contribution < 1.29 is 39.5 Å². The van der Waals surface area contributed by atoms with Crippen LogP contribution in [0.1, 0.15) is 11.4 Å². The largest absolute Gasteiger partial charge is 0.460 e. The van der Waals surface area contributed by atoms with E-state index in [1.165, 1.54) is 0 Å². The van der Waals surface area contributed by atoms with Crippen LogP contribution in [0.4, 0.5) is 39.5 Å². The molecule has 0 spiro atoms. The Balaban J connectivity index is 3.43. The van der Waals surface area contributed by atoms with E-state index in [0.29, 0.717) is 0 Å². The minimum Gasteiger partial charge on any atom is -0.281 e. The summed E-state index contributed by atoms with van der Waals surface area (Å²) in [5.41, 5.74) is -2.49. The summed E-state index contributed by atoms with van der Waals surface area (Å²) in [6.45, 7) is 0.981. The number of nitrogens with one attached hydrogen (secondary N) is 1. The van der Waals surface area contributed by atoms with Crippen LogP contribution in [0.25, 0.3) is 0 Å². The second kappa shape index (κ2) is 4.43. The molecule has 0 saturated carbocycles. The second-order valence-corrected chi connectivity index (χ2v) is 4.11. The van der Waals surface area contributed by atoms with E-state index in [2.05, 4.69) is 5.10 Å². The van der Waals surface area contributed by atoms with Crippen LogP contribution < -0.4 is 0 Å². The Hall–Kier alpha value is -1.13. The molecule has 0 bridgehead atoms. The van der Waals surface area contributed by atoms with E-state index in [1.807, 2.05) is 0 Å². The number of nitrogens with zero attached hydrogens (tertiary/aromatic N) is 1. The van der Waals surface area contributed by atoms with Gasteiger partial charge in [0.15, 0.2) is 5.69 Å². The summed E-state index contributed by atoms with van der Waals surface area (Å²) in [5, 5.41) is 3.09. The zero-order chi connectivity index (χ0) is 16.1. The van der Waals surface area contributed by atoms with Gasteiger partial charge in [-0.15, -0.1) is 0 Å². The van der Waals surface area contributed by atoms with Crippen molar-refractivity contribution in [3.05, 3.63) is 16.4 Å². The van der Waals surface area contributed by atoms with Crippen molar-refractivity contribution >= 4 is 11.6 Å². The highest BCUT2D eigenvalue weighted by Crippen LogP contribution is 2.57. The van der Waals surface area contributed by atoms with Gasteiger partial charge in [0.05, 0.1) is 10.7 Å². The molecule has 1 aromatic rings. The third kappa shape index (κ3) is 2.11. The number of alkyl halides is 9. The van der Waals surface area contributed by atoms with Crippen molar-refractivity contribution in [1.29, 1.82) is 0 Å². The monoisotopic (exact) mass is 334 g/mol. The first-order valence-electron chi connectivity index (χ1n) is 4.59. The lowest BCUT2D eigenvalue weighted by Crippen LogP contribution is -2.59. The molecule has 0 atom stereocenters. The zero-order valence-corrected chi connectivity index (χ0v) is 9.98. The normalized spacial score (nSPS) is 14.8. The van der Waals surface area contributed by atoms with Crippen molar-refractivity contribution in [2.45, 2.75) is 30.9 Å². The molecule has 0 radical (unpaired) electrons.